The molecule has 1 aromatic carbocycles. The topological polar surface area (TPSA) is 67.5 Å². The highest BCUT2D eigenvalue weighted by molar-refractivity contribution is 6.32. The average molecular weight is 198 g/mol. The van der Waals surface area contributed by atoms with Crippen LogP contribution in [0.1, 0.15) is 0 Å². The third-order valence-electron chi connectivity index (χ3n) is 1.30. The Bertz CT molecular complexity index is 321. The summed E-state index contributed by atoms with van der Waals surface area (Å²) in [6.07, 6.45) is 0.995. The molecule has 5 heteroatoms. The molecule has 13 heavy (non-hydrogen) atoms. The quantitative estimate of drug-likeness (QED) is 0.425. The van der Waals surface area contributed by atoms with Crippen molar-refractivity contribution in [1.29, 1.82) is 0 Å². The van der Waals surface area contributed by atoms with Gasteiger partial charge < -0.3 is 11.2 Å². The zero-order chi connectivity index (χ0) is 9.68. The largest absolute Gasteiger partial charge is 0.323 e. The highest BCUT2D eigenvalue weighted by Gasteiger charge is 1.96. The second-order valence-corrected chi connectivity index (χ2v) is 2.71. The lowest BCUT2D eigenvalue weighted by atomic mass is 10.3. The number of nitrogens with one attached hydrogen (secondary N) is 1. The number of anilines is 1. The Morgan fingerprint density at radius 1 is 1.46 bits per heavy atom. The monoisotopic (exact) mass is 197 g/mol. The number of hydrazone groups is 1. The minimum absolute atomic E-state index is 0.371. The number of halogens is 1. The molecule has 0 saturated carbocycles. The Morgan fingerprint density at radius 3 is 2.62 bits per heavy atom. The zero-order valence-corrected chi connectivity index (χ0v) is 7.45. The van der Waals surface area contributed by atoms with Crippen LogP contribution in [0.25, 0.3) is 0 Å². The number of carbonyl (C=O) groups is 1. The fraction of sp³-hybridized carbons (Fsp3) is 0. The maximum atomic E-state index is 10.9. The average Bonchev–Trinajstić information content (AvgIpc) is 2.09. The van der Waals surface area contributed by atoms with E-state index in [-0.39, 0.29) is 5.91 Å². The van der Waals surface area contributed by atoms with Crippen LogP contribution >= 0.6 is 11.6 Å². The van der Waals surface area contributed by atoms with Gasteiger partial charge in [0.25, 0.3) is 5.91 Å². The summed E-state index contributed by atoms with van der Waals surface area (Å²) in [6, 6.07) is 6.72. The van der Waals surface area contributed by atoms with Gasteiger partial charge in [0.2, 0.25) is 0 Å². The molecule has 0 aliphatic rings. The van der Waals surface area contributed by atoms with Gasteiger partial charge in [-0.25, -0.2) is 0 Å². The van der Waals surface area contributed by atoms with Gasteiger partial charge in [0.1, 0.15) is 6.21 Å². The first kappa shape index (κ1) is 9.54. The molecular weight excluding hydrogens is 190 g/mol. The number of hydrogen-bond donors (Lipinski definition) is 2. The van der Waals surface area contributed by atoms with Crippen molar-refractivity contribution in [1.82, 2.24) is 0 Å². The van der Waals surface area contributed by atoms with E-state index in [9.17, 15) is 4.79 Å². The molecule has 3 N–H and O–H groups in total. The van der Waals surface area contributed by atoms with Crippen LogP contribution < -0.4 is 11.2 Å². The summed E-state index contributed by atoms with van der Waals surface area (Å²) >= 11 is 5.65. The van der Waals surface area contributed by atoms with Gasteiger partial charge in [0.05, 0.1) is 0 Å². The van der Waals surface area contributed by atoms with Gasteiger partial charge in [-0.3, -0.25) is 4.79 Å². The number of hydrogen-bond acceptors (Lipinski definition) is 3. The van der Waals surface area contributed by atoms with Crippen LogP contribution in [-0.2, 0) is 4.79 Å². The second-order valence-electron chi connectivity index (χ2n) is 2.27. The van der Waals surface area contributed by atoms with E-state index in [4.69, 9.17) is 17.4 Å². The predicted molar refractivity (Wildman–Crippen MR) is 52.8 cm³/mol. The molecule has 4 nitrogen and oxygen atoms in total. The highest BCUT2D eigenvalue weighted by atomic mass is 35.5. The molecule has 1 rings (SSSR count). The number of nitrogens with zero attached hydrogens (tertiary/aromatic N) is 1. The molecule has 0 spiro atoms. The van der Waals surface area contributed by atoms with Crippen molar-refractivity contribution in [3.05, 3.63) is 29.3 Å². The van der Waals surface area contributed by atoms with Crippen LogP contribution in [0.15, 0.2) is 29.4 Å². The smallest absolute Gasteiger partial charge is 0.268 e. The molecular formula is C8H8ClN3O. The Kier molecular flexibility index (Phi) is 3.28. The predicted octanol–water partition coefficient (Wildman–Crippen LogP) is 1.22. The zero-order valence-electron chi connectivity index (χ0n) is 6.70. The fourth-order valence-electron chi connectivity index (χ4n) is 0.775. The van der Waals surface area contributed by atoms with Gasteiger partial charge in [-0.15, -0.1) is 0 Å². The van der Waals surface area contributed by atoms with Gasteiger partial charge >= 0.3 is 0 Å². The summed E-state index contributed by atoms with van der Waals surface area (Å²) in [5, 5.41) is 6.25. The van der Waals surface area contributed by atoms with Crippen LogP contribution in [0, 0.1) is 0 Å². The maximum Gasteiger partial charge on any atom is 0.268 e. The Balaban J connectivity index is 2.64. The van der Waals surface area contributed by atoms with E-state index < -0.39 is 0 Å². The third kappa shape index (κ3) is 3.13. The summed E-state index contributed by atoms with van der Waals surface area (Å²) in [6.45, 7) is 0. The normalized spacial score (nSPS) is 10.2. The van der Waals surface area contributed by atoms with Crippen molar-refractivity contribution in [2.75, 3.05) is 5.32 Å². The first-order valence-corrected chi connectivity index (χ1v) is 3.90. The van der Waals surface area contributed by atoms with Crippen molar-refractivity contribution in [2.24, 2.45) is 10.9 Å². The first-order chi connectivity index (χ1) is 6.22. The van der Waals surface area contributed by atoms with Crippen molar-refractivity contribution in [3.8, 4) is 0 Å². The molecule has 0 atom stereocenters. The van der Waals surface area contributed by atoms with Crippen LogP contribution in [0.4, 0.5) is 5.69 Å². The lowest BCUT2D eigenvalue weighted by Crippen LogP contribution is -2.13. The summed E-state index contributed by atoms with van der Waals surface area (Å²) in [4.78, 5) is 10.9. The summed E-state index contributed by atoms with van der Waals surface area (Å²) in [5.41, 5.74) is 0.648. The summed E-state index contributed by atoms with van der Waals surface area (Å²) < 4.78 is 0. The Labute approximate surface area is 80.4 Å². The van der Waals surface area contributed by atoms with E-state index in [0.717, 1.165) is 6.21 Å². The second kappa shape index (κ2) is 4.47. The standard InChI is InChI=1S/C8H8ClN3O/c9-6-1-3-7(4-2-6)12-8(13)5-11-10/h1-5H,10H2,(H,12,13). The number of carbonyl (C=O) groups excluding carboxylic acids is 1. The SMILES string of the molecule is NN=CC(=O)Nc1ccc(Cl)cc1. The van der Waals surface area contributed by atoms with E-state index in [2.05, 4.69) is 10.4 Å². The molecule has 0 aliphatic carbocycles. The van der Waals surface area contributed by atoms with E-state index in [0.29, 0.717) is 10.7 Å². The minimum atomic E-state index is -0.371. The number of rotatable bonds is 2. The van der Waals surface area contributed by atoms with Gasteiger partial charge in [0, 0.05) is 10.7 Å². The molecule has 0 heterocycles. The Hall–Kier alpha value is -1.55. The van der Waals surface area contributed by atoms with Gasteiger partial charge in [-0.05, 0) is 24.3 Å². The first-order valence-electron chi connectivity index (χ1n) is 3.52. The number of benzene rings is 1. The van der Waals surface area contributed by atoms with Crippen LogP contribution in [0.3, 0.4) is 0 Å². The molecule has 0 saturated heterocycles. The molecule has 0 aliphatic heterocycles. The lowest BCUT2D eigenvalue weighted by Gasteiger charge is -2.00. The van der Waals surface area contributed by atoms with Gasteiger partial charge in [-0.2, -0.15) is 5.10 Å². The number of amides is 1. The van der Waals surface area contributed by atoms with E-state index >= 15 is 0 Å². The highest BCUT2D eigenvalue weighted by Crippen LogP contribution is 2.12. The summed E-state index contributed by atoms with van der Waals surface area (Å²) in [7, 11) is 0. The maximum absolute atomic E-state index is 10.9. The number of nitrogens with two attached hydrogens (primary N) is 1. The molecule has 0 unspecified atom stereocenters. The van der Waals surface area contributed by atoms with Crippen molar-refractivity contribution >= 4 is 29.4 Å². The Morgan fingerprint density at radius 2 is 2.08 bits per heavy atom. The van der Waals surface area contributed by atoms with E-state index in [1.165, 1.54) is 0 Å². The van der Waals surface area contributed by atoms with Crippen LogP contribution in [0.5, 0.6) is 0 Å². The van der Waals surface area contributed by atoms with Crippen LogP contribution in [-0.4, -0.2) is 12.1 Å². The van der Waals surface area contributed by atoms with E-state index in [1.807, 2.05) is 0 Å². The van der Waals surface area contributed by atoms with Gasteiger partial charge in [-0.1, -0.05) is 11.6 Å². The molecule has 0 bridgehead atoms. The molecule has 1 amide bonds. The lowest BCUT2D eigenvalue weighted by molar-refractivity contribution is -0.110. The summed E-state index contributed by atoms with van der Waals surface area (Å²) in [5.74, 6) is 4.42. The molecule has 0 aromatic heterocycles. The molecule has 1 aromatic rings. The van der Waals surface area contributed by atoms with Crippen LogP contribution in [0.2, 0.25) is 5.02 Å². The minimum Gasteiger partial charge on any atom is -0.323 e. The fourth-order valence-corrected chi connectivity index (χ4v) is 0.901. The molecule has 68 valence electrons. The van der Waals surface area contributed by atoms with E-state index in [1.54, 1.807) is 24.3 Å². The molecule has 0 fully saturated rings. The van der Waals surface area contributed by atoms with Crippen molar-refractivity contribution in [2.45, 2.75) is 0 Å². The van der Waals surface area contributed by atoms with Gasteiger partial charge in [0.15, 0.2) is 0 Å². The third-order valence-corrected chi connectivity index (χ3v) is 1.56. The van der Waals surface area contributed by atoms with Crippen molar-refractivity contribution in [3.63, 3.8) is 0 Å². The molecule has 0 radical (unpaired) electrons. The van der Waals surface area contributed by atoms with Crippen molar-refractivity contribution < 1.29 is 4.79 Å².